The largest absolute Gasteiger partial charge is 0.309 e. The van der Waals surface area contributed by atoms with Gasteiger partial charge in [-0.25, -0.2) is 0 Å². The van der Waals surface area contributed by atoms with E-state index in [1.54, 1.807) is 0 Å². The van der Waals surface area contributed by atoms with E-state index in [4.69, 9.17) is 0 Å². The highest BCUT2D eigenvalue weighted by molar-refractivity contribution is 6.12. The molecule has 2 heterocycles. The average Bonchev–Trinajstić information content (AvgIpc) is 3.61. The normalized spacial score (nSPS) is 13.3. The molecule has 6 aromatic carbocycles. The van der Waals surface area contributed by atoms with Gasteiger partial charge < -0.3 is 9.13 Å². The molecule has 0 saturated heterocycles. The van der Waals surface area contributed by atoms with Crippen LogP contribution in [0.2, 0.25) is 0 Å². The highest BCUT2D eigenvalue weighted by Crippen LogP contribution is 2.38. The molecule has 0 saturated carbocycles. The van der Waals surface area contributed by atoms with Crippen LogP contribution in [0.1, 0.15) is 18.4 Å². The highest BCUT2D eigenvalue weighted by atomic mass is 15.0. The SMILES string of the molecule is C1=CC(c2cc(-c3ccccc3)cc(-n3c4ccccc4c4cc(-n5c6ccccc6c6ccccc65)ccc43)c2)=CCC1. The van der Waals surface area contributed by atoms with E-state index in [0.717, 1.165) is 12.8 Å². The number of nitrogens with zero attached hydrogens (tertiary/aromatic N) is 2. The summed E-state index contributed by atoms with van der Waals surface area (Å²) in [6, 6.07) is 51.0. The maximum atomic E-state index is 2.45. The van der Waals surface area contributed by atoms with Crippen LogP contribution < -0.4 is 0 Å². The Morgan fingerprint density at radius 3 is 1.61 bits per heavy atom. The molecule has 0 bridgehead atoms. The molecule has 0 unspecified atom stereocenters. The fourth-order valence-corrected chi connectivity index (χ4v) is 7.11. The van der Waals surface area contributed by atoms with Crippen LogP contribution >= 0.6 is 0 Å². The molecule has 0 fully saturated rings. The Morgan fingerprint density at radius 1 is 0.386 bits per heavy atom. The molecular formula is C42H30N2. The molecule has 0 N–H and O–H groups in total. The van der Waals surface area contributed by atoms with Gasteiger partial charge in [-0.2, -0.15) is 0 Å². The second-order valence-corrected chi connectivity index (χ2v) is 11.7. The first kappa shape index (κ1) is 24.9. The first-order valence-corrected chi connectivity index (χ1v) is 15.4. The van der Waals surface area contributed by atoms with Gasteiger partial charge in [0.1, 0.15) is 0 Å². The molecule has 9 rings (SSSR count). The average molecular weight is 563 g/mol. The fourth-order valence-electron chi connectivity index (χ4n) is 7.11. The minimum Gasteiger partial charge on any atom is -0.309 e. The van der Waals surface area contributed by atoms with Gasteiger partial charge in [0.15, 0.2) is 0 Å². The molecule has 0 amide bonds. The van der Waals surface area contributed by atoms with E-state index >= 15 is 0 Å². The van der Waals surface area contributed by atoms with Crippen molar-refractivity contribution in [1.29, 1.82) is 0 Å². The van der Waals surface area contributed by atoms with Crippen LogP contribution in [0, 0.1) is 0 Å². The summed E-state index contributed by atoms with van der Waals surface area (Å²) >= 11 is 0. The Kier molecular flexibility index (Phi) is 5.67. The van der Waals surface area contributed by atoms with Crippen molar-refractivity contribution in [1.82, 2.24) is 9.13 Å². The maximum Gasteiger partial charge on any atom is 0.0542 e. The van der Waals surface area contributed by atoms with Gasteiger partial charge in [0.2, 0.25) is 0 Å². The zero-order valence-corrected chi connectivity index (χ0v) is 24.3. The van der Waals surface area contributed by atoms with Gasteiger partial charge in [0.25, 0.3) is 0 Å². The monoisotopic (exact) mass is 562 g/mol. The van der Waals surface area contributed by atoms with Crippen molar-refractivity contribution >= 4 is 49.2 Å². The van der Waals surface area contributed by atoms with Gasteiger partial charge in [0, 0.05) is 32.9 Å². The van der Waals surface area contributed by atoms with E-state index in [0.29, 0.717) is 0 Å². The van der Waals surface area contributed by atoms with Gasteiger partial charge in [-0.1, -0.05) is 103 Å². The van der Waals surface area contributed by atoms with Crippen LogP contribution in [-0.2, 0) is 0 Å². The van der Waals surface area contributed by atoms with Crippen LogP contribution in [0.4, 0.5) is 0 Å². The predicted octanol–water partition coefficient (Wildman–Crippen LogP) is 11.3. The van der Waals surface area contributed by atoms with E-state index in [-0.39, 0.29) is 0 Å². The highest BCUT2D eigenvalue weighted by Gasteiger charge is 2.17. The summed E-state index contributed by atoms with van der Waals surface area (Å²) in [6.45, 7) is 0. The first-order valence-electron chi connectivity index (χ1n) is 15.4. The summed E-state index contributed by atoms with van der Waals surface area (Å²) in [5.41, 5.74) is 12.2. The van der Waals surface area contributed by atoms with E-state index < -0.39 is 0 Å². The minimum absolute atomic E-state index is 1.08. The minimum atomic E-state index is 1.08. The predicted molar refractivity (Wildman–Crippen MR) is 187 cm³/mol. The zero-order valence-electron chi connectivity index (χ0n) is 24.3. The molecule has 2 aromatic heterocycles. The molecule has 2 heteroatoms. The number of rotatable bonds is 4. The van der Waals surface area contributed by atoms with Gasteiger partial charge >= 0.3 is 0 Å². The van der Waals surface area contributed by atoms with Crippen LogP contribution in [0.15, 0.2) is 158 Å². The number of allylic oxidation sites excluding steroid dienone is 4. The maximum absolute atomic E-state index is 2.45. The van der Waals surface area contributed by atoms with Crippen LogP contribution in [0.3, 0.4) is 0 Å². The van der Waals surface area contributed by atoms with Gasteiger partial charge in [-0.15, -0.1) is 0 Å². The molecular weight excluding hydrogens is 532 g/mol. The Balaban J connectivity index is 1.31. The van der Waals surface area contributed by atoms with Crippen LogP contribution in [0.25, 0.3) is 71.7 Å². The molecule has 0 aliphatic heterocycles. The molecule has 0 spiro atoms. The lowest BCUT2D eigenvalue weighted by molar-refractivity contribution is 1.04. The van der Waals surface area contributed by atoms with Crippen LogP contribution in [0.5, 0.6) is 0 Å². The Hall–Kier alpha value is -5.60. The van der Waals surface area contributed by atoms with E-state index in [2.05, 4.69) is 167 Å². The summed E-state index contributed by atoms with van der Waals surface area (Å²) in [7, 11) is 0. The van der Waals surface area contributed by atoms with Gasteiger partial charge in [-0.3, -0.25) is 0 Å². The third-order valence-corrected chi connectivity index (χ3v) is 9.11. The van der Waals surface area contributed by atoms with E-state index in [1.165, 1.54) is 77.2 Å². The Labute approximate surface area is 256 Å². The number of hydrogen-bond donors (Lipinski definition) is 0. The lowest BCUT2D eigenvalue weighted by atomic mass is 9.95. The molecule has 44 heavy (non-hydrogen) atoms. The molecule has 0 radical (unpaired) electrons. The lowest BCUT2D eigenvalue weighted by Crippen LogP contribution is -1.98. The summed E-state index contributed by atoms with van der Waals surface area (Å²) in [5.74, 6) is 0. The molecule has 208 valence electrons. The number of aromatic nitrogens is 2. The first-order chi connectivity index (χ1) is 21.8. The number of para-hydroxylation sites is 3. The van der Waals surface area contributed by atoms with E-state index in [9.17, 15) is 0 Å². The quantitative estimate of drug-likeness (QED) is 0.202. The number of benzene rings is 6. The van der Waals surface area contributed by atoms with Crippen molar-refractivity contribution < 1.29 is 0 Å². The Bertz CT molecular complexity index is 2380. The molecule has 0 atom stereocenters. The van der Waals surface area contributed by atoms with Crippen molar-refractivity contribution in [3.8, 4) is 22.5 Å². The van der Waals surface area contributed by atoms with Crippen molar-refractivity contribution in [2.45, 2.75) is 12.8 Å². The molecule has 1 aliphatic carbocycles. The fraction of sp³-hybridized carbons (Fsp3) is 0.0476. The van der Waals surface area contributed by atoms with Crippen LogP contribution in [-0.4, -0.2) is 9.13 Å². The summed E-state index contributed by atoms with van der Waals surface area (Å²) in [4.78, 5) is 0. The molecule has 8 aromatic rings. The third kappa shape index (κ3) is 3.88. The number of fused-ring (bicyclic) bond motifs is 6. The smallest absolute Gasteiger partial charge is 0.0542 e. The lowest BCUT2D eigenvalue weighted by Gasteiger charge is -2.15. The van der Waals surface area contributed by atoms with Crippen molar-refractivity contribution in [2.24, 2.45) is 0 Å². The standard InChI is InChI=1S/C42H30N2/c1-3-13-29(14-4-1)31-25-32(30-15-5-2-6-16-30)27-34(26-31)44-41-22-12-9-19-37(41)38-28-33(23-24-42(38)44)43-39-20-10-7-17-35(39)36-18-8-11-21-40(36)43/h1,3-5,7-28H,2,6H2. The Morgan fingerprint density at radius 2 is 0.955 bits per heavy atom. The second kappa shape index (κ2) is 10.00. The van der Waals surface area contributed by atoms with Crippen molar-refractivity contribution in [3.05, 3.63) is 163 Å². The summed E-state index contributed by atoms with van der Waals surface area (Å²) in [5, 5.41) is 5.07. The summed E-state index contributed by atoms with van der Waals surface area (Å²) < 4.78 is 4.86. The second-order valence-electron chi connectivity index (χ2n) is 11.7. The molecule has 1 aliphatic rings. The van der Waals surface area contributed by atoms with E-state index in [1.807, 2.05) is 0 Å². The zero-order chi connectivity index (χ0) is 29.0. The third-order valence-electron chi connectivity index (χ3n) is 9.11. The number of hydrogen-bond acceptors (Lipinski definition) is 0. The van der Waals surface area contributed by atoms with Crippen molar-refractivity contribution in [3.63, 3.8) is 0 Å². The topological polar surface area (TPSA) is 9.86 Å². The van der Waals surface area contributed by atoms with Gasteiger partial charge in [0.05, 0.1) is 22.1 Å². The van der Waals surface area contributed by atoms with Gasteiger partial charge in [-0.05, 0) is 89.7 Å². The van der Waals surface area contributed by atoms with Crippen molar-refractivity contribution in [2.75, 3.05) is 0 Å². The summed E-state index contributed by atoms with van der Waals surface area (Å²) in [6.07, 6.45) is 9.13. The molecule has 2 nitrogen and oxygen atoms in total.